The Balaban J connectivity index is 1.43. The molecule has 8 heteroatoms. The van der Waals surface area contributed by atoms with Gasteiger partial charge < -0.3 is 14.7 Å². The first kappa shape index (κ1) is 17.5. The number of rotatable bonds is 6. The van der Waals surface area contributed by atoms with Gasteiger partial charge in [-0.1, -0.05) is 5.16 Å². The number of hydrogen-bond donors (Lipinski definition) is 1. The van der Waals surface area contributed by atoms with Gasteiger partial charge in [-0.2, -0.15) is 4.98 Å². The average molecular weight is 344 g/mol. The lowest BCUT2D eigenvalue weighted by atomic mass is 9.92. The molecule has 0 aliphatic carbocycles. The van der Waals surface area contributed by atoms with Gasteiger partial charge in [0.2, 0.25) is 23.4 Å². The first-order chi connectivity index (χ1) is 12.1. The monoisotopic (exact) mass is 344 g/mol. The Morgan fingerprint density at radius 1 is 1.28 bits per heavy atom. The normalized spacial score (nSPS) is 16.3. The third-order valence-corrected chi connectivity index (χ3v) is 4.52. The fourth-order valence-corrected chi connectivity index (χ4v) is 3.01. The highest BCUT2D eigenvalue weighted by atomic mass is 16.5. The molecule has 1 N–H and O–H groups in total. The molecule has 0 atom stereocenters. The van der Waals surface area contributed by atoms with Gasteiger partial charge in [-0.05, 0) is 51.8 Å². The number of amides is 1. The molecule has 1 aliphatic heterocycles. The molecule has 1 saturated heterocycles. The van der Waals surface area contributed by atoms with Crippen LogP contribution in [0.25, 0.3) is 11.6 Å². The smallest absolute Gasteiger partial charge is 0.246 e. The minimum Gasteiger partial charge on any atom is -0.347 e. The van der Waals surface area contributed by atoms with Crippen molar-refractivity contribution in [3.05, 3.63) is 24.4 Å². The molecule has 134 valence electrons. The van der Waals surface area contributed by atoms with Gasteiger partial charge in [0.05, 0.1) is 6.54 Å². The number of nitrogens with one attached hydrogen (secondary N) is 1. The number of aromatic nitrogens is 4. The molecule has 0 unspecified atom stereocenters. The Morgan fingerprint density at radius 2 is 2.00 bits per heavy atom. The summed E-state index contributed by atoms with van der Waals surface area (Å²) in [7, 11) is 0. The fourth-order valence-electron chi connectivity index (χ4n) is 3.01. The Bertz CT molecular complexity index is 679. The lowest BCUT2D eigenvalue weighted by Crippen LogP contribution is -2.39. The zero-order chi connectivity index (χ0) is 17.6. The quantitative estimate of drug-likeness (QED) is 0.851. The van der Waals surface area contributed by atoms with E-state index < -0.39 is 0 Å². The van der Waals surface area contributed by atoms with Crippen molar-refractivity contribution in [1.82, 2.24) is 30.3 Å². The first-order valence-electron chi connectivity index (χ1n) is 8.72. The number of nitrogens with zero attached hydrogens (tertiary/aromatic N) is 5. The molecule has 3 rings (SSSR count). The van der Waals surface area contributed by atoms with E-state index in [0.717, 1.165) is 25.9 Å². The first-order valence-corrected chi connectivity index (χ1v) is 8.72. The molecule has 2 aromatic heterocycles. The maximum absolute atomic E-state index is 12.1. The van der Waals surface area contributed by atoms with Crippen LogP contribution in [0, 0.1) is 5.92 Å². The summed E-state index contributed by atoms with van der Waals surface area (Å²) in [5.74, 6) is 1.56. The number of hydrogen-bond acceptors (Lipinski definition) is 7. The van der Waals surface area contributed by atoms with Gasteiger partial charge in [0, 0.05) is 24.9 Å². The van der Waals surface area contributed by atoms with Crippen LogP contribution in [0.15, 0.2) is 23.0 Å². The predicted molar refractivity (Wildman–Crippen MR) is 91.2 cm³/mol. The van der Waals surface area contributed by atoms with Gasteiger partial charge in [-0.3, -0.25) is 4.79 Å². The van der Waals surface area contributed by atoms with E-state index in [9.17, 15) is 4.79 Å². The highest BCUT2D eigenvalue weighted by molar-refractivity contribution is 5.76. The molecular weight excluding hydrogens is 320 g/mol. The second-order valence-electron chi connectivity index (χ2n) is 6.64. The number of piperidine rings is 1. The molecule has 1 aliphatic rings. The van der Waals surface area contributed by atoms with Gasteiger partial charge >= 0.3 is 0 Å². The number of carbonyl (C=O) groups excluding carboxylic acids is 1. The Labute approximate surface area is 147 Å². The maximum atomic E-state index is 12.1. The molecule has 25 heavy (non-hydrogen) atoms. The summed E-state index contributed by atoms with van der Waals surface area (Å²) in [6.45, 7) is 6.79. The van der Waals surface area contributed by atoms with Crippen molar-refractivity contribution in [2.24, 2.45) is 5.92 Å². The van der Waals surface area contributed by atoms with E-state index in [1.54, 1.807) is 18.5 Å². The lowest BCUT2D eigenvalue weighted by Gasteiger charge is -2.34. The lowest BCUT2D eigenvalue weighted by molar-refractivity contribution is -0.122. The summed E-state index contributed by atoms with van der Waals surface area (Å²) >= 11 is 0. The second kappa shape index (κ2) is 8.15. The molecule has 1 amide bonds. The summed E-state index contributed by atoms with van der Waals surface area (Å²) in [6.07, 6.45) is 5.92. The van der Waals surface area contributed by atoms with Gasteiger partial charge in [0.25, 0.3) is 0 Å². The molecular formula is C17H24N6O2. The largest absolute Gasteiger partial charge is 0.347 e. The summed E-state index contributed by atoms with van der Waals surface area (Å²) in [4.78, 5) is 26.9. The van der Waals surface area contributed by atoms with Crippen LogP contribution in [0.5, 0.6) is 0 Å². The molecule has 3 heterocycles. The van der Waals surface area contributed by atoms with E-state index in [1.807, 2.05) is 0 Å². The van der Waals surface area contributed by atoms with Gasteiger partial charge in [0.15, 0.2) is 0 Å². The van der Waals surface area contributed by atoms with Crippen LogP contribution in [-0.4, -0.2) is 50.0 Å². The van der Waals surface area contributed by atoms with E-state index in [-0.39, 0.29) is 12.5 Å². The zero-order valence-corrected chi connectivity index (χ0v) is 14.7. The van der Waals surface area contributed by atoms with Crippen LogP contribution < -0.4 is 5.32 Å². The molecule has 0 aromatic carbocycles. The molecule has 0 saturated carbocycles. The van der Waals surface area contributed by atoms with Crippen LogP contribution in [-0.2, 0) is 11.3 Å². The van der Waals surface area contributed by atoms with E-state index in [1.165, 1.54) is 0 Å². The predicted octanol–water partition coefficient (Wildman–Crippen LogP) is 1.65. The SMILES string of the molecule is CC(C)N1CCC(CC(=O)NCc2nc(-c3ncccn3)no2)CC1. The van der Waals surface area contributed by atoms with Crippen LogP contribution >= 0.6 is 0 Å². The summed E-state index contributed by atoms with van der Waals surface area (Å²) in [5.41, 5.74) is 0. The summed E-state index contributed by atoms with van der Waals surface area (Å²) in [6, 6.07) is 2.30. The Morgan fingerprint density at radius 3 is 2.68 bits per heavy atom. The number of carbonyl (C=O) groups is 1. The minimum absolute atomic E-state index is 0.0266. The van der Waals surface area contributed by atoms with E-state index in [0.29, 0.717) is 35.9 Å². The van der Waals surface area contributed by atoms with Crippen molar-refractivity contribution < 1.29 is 9.32 Å². The zero-order valence-electron chi connectivity index (χ0n) is 14.7. The van der Waals surface area contributed by atoms with Crippen molar-refractivity contribution in [2.75, 3.05) is 13.1 Å². The van der Waals surface area contributed by atoms with Gasteiger partial charge in [-0.15, -0.1) is 0 Å². The molecule has 0 spiro atoms. The van der Waals surface area contributed by atoms with Crippen molar-refractivity contribution in [1.29, 1.82) is 0 Å². The third kappa shape index (κ3) is 4.82. The minimum atomic E-state index is 0.0266. The topological polar surface area (TPSA) is 97.0 Å². The average Bonchev–Trinajstić information content (AvgIpc) is 3.10. The third-order valence-electron chi connectivity index (χ3n) is 4.52. The summed E-state index contributed by atoms with van der Waals surface area (Å²) < 4.78 is 5.14. The van der Waals surface area contributed by atoms with E-state index in [4.69, 9.17) is 4.52 Å². The molecule has 1 fully saturated rings. The molecule has 2 aromatic rings. The molecule has 0 bridgehead atoms. The Kier molecular flexibility index (Phi) is 5.70. The van der Waals surface area contributed by atoms with Crippen LogP contribution in [0.1, 0.15) is 39.0 Å². The van der Waals surface area contributed by atoms with Crippen molar-refractivity contribution in [3.63, 3.8) is 0 Å². The van der Waals surface area contributed by atoms with E-state index in [2.05, 4.69) is 44.2 Å². The fraction of sp³-hybridized carbons (Fsp3) is 0.588. The highest BCUT2D eigenvalue weighted by Crippen LogP contribution is 2.21. The van der Waals surface area contributed by atoms with E-state index >= 15 is 0 Å². The van der Waals surface area contributed by atoms with Gasteiger partial charge in [-0.25, -0.2) is 9.97 Å². The van der Waals surface area contributed by atoms with Gasteiger partial charge in [0.1, 0.15) is 0 Å². The highest BCUT2D eigenvalue weighted by Gasteiger charge is 2.23. The van der Waals surface area contributed by atoms with Crippen LogP contribution in [0.4, 0.5) is 0 Å². The van der Waals surface area contributed by atoms with Crippen LogP contribution in [0.3, 0.4) is 0 Å². The van der Waals surface area contributed by atoms with Crippen molar-refractivity contribution >= 4 is 5.91 Å². The maximum Gasteiger partial charge on any atom is 0.246 e. The molecule has 8 nitrogen and oxygen atoms in total. The Hall–Kier alpha value is -2.35. The molecule has 0 radical (unpaired) electrons. The standard InChI is InChI=1S/C17H24N6O2/c1-12(2)23-8-4-13(5-9-23)10-14(24)20-11-15-21-17(22-25-15)16-18-6-3-7-19-16/h3,6-7,12-13H,4-5,8-11H2,1-2H3,(H,20,24). The second-order valence-corrected chi connectivity index (χ2v) is 6.64. The van der Waals surface area contributed by atoms with Crippen LogP contribution in [0.2, 0.25) is 0 Å². The summed E-state index contributed by atoms with van der Waals surface area (Å²) in [5, 5.41) is 6.69. The van der Waals surface area contributed by atoms with Crippen molar-refractivity contribution in [3.8, 4) is 11.6 Å². The van der Waals surface area contributed by atoms with Crippen molar-refractivity contribution in [2.45, 2.75) is 45.7 Å². The number of likely N-dealkylation sites (tertiary alicyclic amines) is 1.